The number of hydrogen-bond donors (Lipinski definition) is 1. The molecule has 0 saturated heterocycles. The Hall–Kier alpha value is -3.48. The van der Waals surface area contributed by atoms with Crippen molar-refractivity contribution in [2.45, 2.75) is 52.5 Å². The van der Waals surface area contributed by atoms with Crippen molar-refractivity contribution in [2.24, 2.45) is 0 Å². The first-order chi connectivity index (χ1) is 16.0. The maximum Gasteiger partial charge on any atom is 0.359 e. The Morgan fingerprint density at radius 1 is 1.03 bits per heavy atom. The minimum Gasteiger partial charge on any atom is -0.459 e. The van der Waals surface area contributed by atoms with Gasteiger partial charge in [-0.25, -0.2) is 9.48 Å². The number of ether oxygens (including phenoxy) is 1. The van der Waals surface area contributed by atoms with Crippen LogP contribution in [0.1, 0.15) is 54.2 Å². The van der Waals surface area contributed by atoms with Crippen molar-refractivity contribution in [3.05, 3.63) is 75.7 Å². The van der Waals surface area contributed by atoms with E-state index >= 15 is 0 Å². The highest BCUT2D eigenvalue weighted by atomic mass is 16.5. The summed E-state index contributed by atoms with van der Waals surface area (Å²) in [7, 11) is 0. The highest BCUT2D eigenvalue weighted by Crippen LogP contribution is 2.14. The van der Waals surface area contributed by atoms with Crippen molar-refractivity contribution < 1.29 is 14.3 Å². The van der Waals surface area contributed by atoms with Gasteiger partial charge in [0.1, 0.15) is 6.61 Å². The van der Waals surface area contributed by atoms with Crippen LogP contribution in [0.15, 0.2) is 53.3 Å². The number of fused-ring (bicyclic) bond motifs is 1. The molecule has 1 amide bonds. The molecular weight excluding hydrogens is 418 g/mol. The monoisotopic (exact) mass is 449 g/mol. The second kappa shape index (κ2) is 11.9. The molecule has 0 atom stereocenters. The minimum absolute atomic E-state index is 0.0279. The molecular formula is C26H31N3O4. The lowest BCUT2D eigenvalue weighted by Crippen LogP contribution is -2.29. The summed E-state index contributed by atoms with van der Waals surface area (Å²) in [4.78, 5) is 37.5. The van der Waals surface area contributed by atoms with E-state index < -0.39 is 5.97 Å². The zero-order chi connectivity index (χ0) is 23.6. The van der Waals surface area contributed by atoms with Crippen LogP contribution >= 0.6 is 0 Å². The average molecular weight is 450 g/mol. The van der Waals surface area contributed by atoms with Gasteiger partial charge in [0, 0.05) is 18.4 Å². The van der Waals surface area contributed by atoms with Crippen LogP contribution in [-0.2, 0) is 22.5 Å². The van der Waals surface area contributed by atoms with Crippen molar-refractivity contribution in [2.75, 3.05) is 13.2 Å². The quantitative estimate of drug-likeness (QED) is 0.355. The van der Waals surface area contributed by atoms with Gasteiger partial charge < -0.3 is 10.1 Å². The highest BCUT2D eigenvalue weighted by Gasteiger charge is 2.18. The molecule has 7 heteroatoms. The van der Waals surface area contributed by atoms with Gasteiger partial charge in [-0.3, -0.25) is 9.59 Å². The Morgan fingerprint density at radius 2 is 1.76 bits per heavy atom. The third-order valence-corrected chi connectivity index (χ3v) is 5.45. The van der Waals surface area contributed by atoms with Crippen LogP contribution < -0.4 is 10.9 Å². The standard InChI is InChI=1S/C26H31N3O4/c1-3-4-7-17-29-25(31)22-9-6-5-8-21(22)24(28-29)26(32)33-18-16-27-23(30)15-14-20-12-10-19(2)11-13-20/h5-6,8-13H,3-4,7,14-18H2,1-2H3,(H,27,30). The molecule has 0 spiro atoms. The van der Waals surface area contributed by atoms with E-state index in [1.165, 1.54) is 10.2 Å². The number of amides is 1. The van der Waals surface area contributed by atoms with Crippen molar-refractivity contribution in [3.63, 3.8) is 0 Å². The molecule has 2 aromatic carbocycles. The van der Waals surface area contributed by atoms with Gasteiger partial charge in [-0.05, 0) is 31.4 Å². The molecule has 0 fully saturated rings. The van der Waals surface area contributed by atoms with Gasteiger partial charge >= 0.3 is 5.97 Å². The predicted molar refractivity (Wildman–Crippen MR) is 128 cm³/mol. The highest BCUT2D eigenvalue weighted by molar-refractivity contribution is 6.02. The SMILES string of the molecule is CCCCCn1nc(C(=O)OCCNC(=O)CCc2ccc(C)cc2)c2ccccc2c1=O. The summed E-state index contributed by atoms with van der Waals surface area (Å²) in [6.45, 7) is 4.80. The van der Waals surface area contributed by atoms with Crippen LogP contribution in [0.25, 0.3) is 10.8 Å². The van der Waals surface area contributed by atoms with Crippen molar-refractivity contribution >= 4 is 22.6 Å². The van der Waals surface area contributed by atoms with Crippen molar-refractivity contribution in [1.82, 2.24) is 15.1 Å². The lowest BCUT2D eigenvalue weighted by molar-refractivity contribution is -0.121. The summed E-state index contributed by atoms with van der Waals surface area (Å²) in [6, 6.07) is 15.0. The van der Waals surface area contributed by atoms with Gasteiger partial charge in [-0.2, -0.15) is 5.10 Å². The van der Waals surface area contributed by atoms with E-state index in [9.17, 15) is 14.4 Å². The van der Waals surface area contributed by atoms with Gasteiger partial charge in [0.05, 0.1) is 11.9 Å². The minimum atomic E-state index is -0.607. The molecule has 174 valence electrons. The number of aryl methyl sites for hydroxylation is 3. The summed E-state index contributed by atoms with van der Waals surface area (Å²) in [5.41, 5.74) is 2.20. The molecule has 1 N–H and O–H groups in total. The first-order valence-corrected chi connectivity index (χ1v) is 11.5. The molecule has 0 aliphatic carbocycles. The molecule has 0 saturated carbocycles. The number of carbonyl (C=O) groups excluding carboxylic acids is 2. The maximum absolute atomic E-state index is 12.7. The third-order valence-electron chi connectivity index (χ3n) is 5.45. The summed E-state index contributed by atoms with van der Waals surface area (Å²) in [5, 5.41) is 7.99. The van der Waals surface area contributed by atoms with Gasteiger partial charge in [0.25, 0.3) is 5.56 Å². The van der Waals surface area contributed by atoms with Crippen molar-refractivity contribution in [3.8, 4) is 0 Å². The molecule has 33 heavy (non-hydrogen) atoms. The Balaban J connectivity index is 1.55. The lowest BCUT2D eigenvalue weighted by atomic mass is 10.1. The molecule has 0 radical (unpaired) electrons. The number of esters is 1. The first-order valence-electron chi connectivity index (χ1n) is 11.5. The lowest BCUT2D eigenvalue weighted by Gasteiger charge is -2.11. The van der Waals surface area contributed by atoms with E-state index in [1.54, 1.807) is 24.3 Å². The fraction of sp³-hybridized carbons (Fsp3) is 0.385. The van der Waals surface area contributed by atoms with Crippen molar-refractivity contribution in [1.29, 1.82) is 0 Å². The second-order valence-corrected chi connectivity index (χ2v) is 8.10. The fourth-order valence-corrected chi connectivity index (χ4v) is 3.55. The smallest absolute Gasteiger partial charge is 0.359 e. The largest absolute Gasteiger partial charge is 0.459 e. The van der Waals surface area contributed by atoms with Crippen LogP contribution in [0, 0.1) is 6.92 Å². The number of nitrogens with one attached hydrogen (secondary N) is 1. The van der Waals surface area contributed by atoms with E-state index in [-0.39, 0.29) is 30.3 Å². The van der Waals surface area contributed by atoms with Crippen LogP contribution in [-0.4, -0.2) is 34.8 Å². The molecule has 0 unspecified atom stereocenters. The molecule has 0 bridgehead atoms. The number of unbranched alkanes of at least 4 members (excludes halogenated alkanes) is 2. The molecule has 3 rings (SSSR count). The fourth-order valence-electron chi connectivity index (χ4n) is 3.55. The predicted octanol–water partition coefficient (Wildman–Crippen LogP) is 3.80. The van der Waals surface area contributed by atoms with E-state index in [0.29, 0.717) is 30.2 Å². The summed E-state index contributed by atoms with van der Waals surface area (Å²) in [6.07, 6.45) is 3.83. The zero-order valence-corrected chi connectivity index (χ0v) is 19.3. The van der Waals surface area contributed by atoms with Crippen LogP contribution in [0.4, 0.5) is 0 Å². The molecule has 7 nitrogen and oxygen atoms in total. The van der Waals surface area contributed by atoms with Crippen LogP contribution in [0.3, 0.4) is 0 Å². The number of nitrogens with zero attached hydrogens (tertiary/aromatic N) is 2. The first kappa shape index (κ1) is 24.2. The zero-order valence-electron chi connectivity index (χ0n) is 19.3. The topological polar surface area (TPSA) is 90.3 Å². The second-order valence-electron chi connectivity index (χ2n) is 8.10. The Morgan fingerprint density at radius 3 is 2.48 bits per heavy atom. The normalized spacial score (nSPS) is 10.8. The number of rotatable bonds is 11. The van der Waals surface area contributed by atoms with Gasteiger partial charge in [-0.15, -0.1) is 0 Å². The van der Waals surface area contributed by atoms with Gasteiger partial charge in [-0.1, -0.05) is 67.8 Å². The van der Waals surface area contributed by atoms with E-state index in [2.05, 4.69) is 17.3 Å². The molecule has 1 heterocycles. The Bertz CT molecular complexity index is 1150. The van der Waals surface area contributed by atoms with Gasteiger partial charge in [0.2, 0.25) is 5.91 Å². The maximum atomic E-state index is 12.7. The Kier molecular flexibility index (Phi) is 8.75. The molecule has 0 aliphatic rings. The molecule has 1 aromatic heterocycles. The summed E-state index contributed by atoms with van der Waals surface area (Å²) in [5.74, 6) is -0.705. The number of carbonyl (C=O) groups is 2. The molecule has 3 aromatic rings. The number of aromatic nitrogens is 2. The number of benzene rings is 2. The summed E-state index contributed by atoms with van der Waals surface area (Å²) >= 11 is 0. The van der Waals surface area contributed by atoms with E-state index in [4.69, 9.17) is 4.74 Å². The van der Waals surface area contributed by atoms with Gasteiger partial charge in [0.15, 0.2) is 5.69 Å². The third kappa shape index (κ3) is 6.75. The Labute approximate surface area is 193 Å². The summed E-state index contributed by atoms with van der Waals surface area (Å²) < 4.78 is 6.70. The van der Waals surface area contributed by atoms with E-state index in [0.717, 1.165) is 24.8 Å². The molecule has 0 aliphatic heterocycles. The van der Waals surface area contributed by atoms with Crippen LogP contribution in [0.2, 0.25) is 0 Å². The van der Waals surface area contributed by atoms with Crippen LogP contribution in [0.5, 0.6) is 0 Å². The van der Waals surface area contributed by atoms with E-state index in [1.807, 2.05) is 31.2 Å². The number of hydrogen-bond acceptors (Lipinski definition) is 5. The average Bonchev–Trinajstić information content (AvgIpc) is 2.83.